The summed E-state index contributed by atoms with van der Waals surface area (Å²) in [5.74, 6) is -1.06. The molecule has 4 atom stereocenters. The van der Waals surface area contributed by atoms with E-state index in [4.69, 9.17) is 18.9 Å². The zero-order chi connectivity index (χ0) is 28.8. The highest BCUT2D eigenvalue weighted by Gasteiger charge is 2.26. The predicted molar refractivity (Wildman–Crippen MR) is 136 cm³/mol. The van der Waals surface area contributed by atoms with Crippen LogP contribution in [0.3, 0.4) is 0 Å². The summed E-state index contributed by atoms with van der Waals surface area (Å²) < 4.78 is 22.1. The summed E-state index contributed by atoms with van der Waals surface area (Å²) in [6.45, 7) is 2.95. The van der Waals surface area contributed by atoms with E-state index >= 15 is 0 Å². The van der Waals surface area contributed by atoms with Crippen molar-refractivity contribution >= 4 is 24.3 Å². The smallest absolute Gasteiger partial charge is 0.330 e. The standard InChI is InChI=1S/C13H18N2O5.C12H16N2O5/c1-10(17)19-8-11-4-3-5-13(20-11)15(2)12(18)6-7-14-9-16;1-8(15)18-7-9-3-2-4-11(19-9)14-10(16)5-6-13-12(14)17/h3,5-7,9,11,13H,4,8H2,1-2H3,(H,14,16);5-6,9,11H,2-4,7H2,1H3,(H,13,17)/b7-6-;. The lowest BCUT2D eigenvalue weighted by atomic mass is 10.1. The first-order valence-electron chi connectivity index (χ1n) is 12.3. The monoisotopic (exact) mass is 550 g/mol. The maximum atomic E-state index is 11.8. The molecule has 3 heterocycles. The number of aromatic amines is 1. The number of rotatable bonds is 9. The predicted octanol–water partition coefficient (Wildman–Crippen LogP) is 0.106. The number of aromatic nitrogens is 2. The van der Waals surface area contributed by atoms with Gasteiger partial charge in [0.1, 0.15) is 19.4 Å². The highest BCUT2D eigenvalue weighted by molar-refractivity contribution is 5.87. The zero-order valence-corrected chi connectivity index (χ0v) is 22.1. The Kier molecular flexibility index (Phi) is 12.8. The van der Waals surface area contributed by atoms with Gasteiger partial charge in [-0.1, -0.05) is 6.08 Å². The van der Waals surface area contributed by atoms with Crippen molar-refractivity contribution in [3.05, 3.63) is 57.5 Å². The average Bonchev–Trinajstić information content (AvgIpc) is 2.91. The number of ether oxygens (including phenoxy) is 4. The van der Waals surface area contributed by atoms with Crippen LogP contribution >= 0.6 is 0 Å². The third kappa shape index (κ3) is 10.7. The van der Waals surface area contributed by atoms with Crippen LogP contribution < -0.4 is 16.6 Å². The number of H-pyrrole nitrogens is 1. The molecule has 2 amide bonds. The number of amides is 2. The zero-order valence-electron chi connectivity index (χ0n) is 22.1. The maximum Gasteiger partial charge on any atom is 0.330 e. The molecule has 1 fully saturated rings. The summed E-state index contributed by atoms with van der Waals surface area (Å²) in [5.41, 5.74) is -0.896. The quantitative estimate of drug-likeness (QED) is 0.186. The minimum Gasteiger partial charge on any atom is -0.463 e. The maximum absolute atomic E-state index is 11.8. The molecule has 0 radical (unpaired) electrons. The molecular weight excluding hydrogens is 516 g/mol. The molecule has 1 aromatic rings. The molecule has 2 aliphatic heterocycles. The lowest BCUT2D eigenvalue weighted by Crippen LogP contribution is -2.42. The Hall–Kier alpha value is -4.04. The third-order valence-electron chi connectivity index (χ3n) is 5.60. The molecule has 14 nitrogen and oxygen atoms in total. The SMILES string of the molecule is CC(=O)OCC1CC=CC(N(C)C(=O)/C=C\NC=O)O1.CC(=O)OCC1CCCC(n2c(=O)cc[nH]c2=O)O1. The Morgan fingerprint density at radius 1 is 1.13 bits per heavy atom. The Morgan fingerprint density at radius 2 is 1.82 bits per heavy atom. The number of hydrogen-bond acceptors (Lipinski definition) is 10. The molecular formula is C25H34N4O10. The summed E-state index contributed by atoms with van der Waals surface area (Å²) in [6, 6.07) is 1.28. The highest BCUT2D eigenvalue weighted by atomic mass is 16.6. The van der Waals surface area contributed by atoms with Gasteiger partial charge in [0.2, 0.25) is 12.3 Å². The van der Waals surface area contributed by atoms with E-state index in [0.29, 0.717) is 19.3 Å². The van der Waals surface area contributed by atoms with E-state index in [9.17, 15) is 28.8 Å². The average molecular weight is 551 g/mol. The fourth-order valence-corrected chi connectivity index (χ4v) is 3.69. The van der Waals surface area contributed by atoms with Gasteiger partial charge in [0.15, 0.2) is 6.23 Å². The van der Waals surface area contributed by atoms with Crippen molar-refractivity contribution in [2.75, 3.05) is 20.3 Å². The van der Waals surface area contributed by atoms with Gasteiger partial charge in [-0.15, -0.1) is 0 Å². The molecule has 4 unspecified atom stereocenters. The number of nitrogens with one attached hydrogen (secondary N) is 2. The lowest BCUT2D eigenvalue weighted by Gasteiger charge is -2.31. The Bertz CT molecular complexity index is 1130. The van der Waals surface area contributed by atoms with Gasteiger partial charge >= 0.3 is 17.6 Å². The molecule has 3 rings (SSSR count). The van der Waals surface area contributed by atoms with E-state index < -0.39 is 23.7 Å². The van der Waals surface area contributed by atoms with Crippen molar-refractivity contribution in [1.29, 1.82) is 0 Å². The normalized spacial score (nSPS) is 22.2. The van der Waals surface area contributed by atoms with Gasteiger partial charge in [-0.2, -0.15) is 0 Å². The van der Waals surface area contributed by atoms with Crippen LogP contribution in [0.5, 0.6) is 0 Å². The summed E-state index contributed by atoms with van der Waals surface area (Å²) in [6.07, 6.45) is 8.92. The second-order valence-corrected chi connectivity index (χ2v) is 8.62. The molecule has 1 saturated heterocycles. The van der Waals surface area contributed by atoms with Gasteiger partial charge in [0, 0.05) is 45.4 Å². The number of carbonyl (C=O) groups excluding carboxylic acids is 4. The molecule has 2 N–H and O–H groups in total. The van der Waals surface area contributed by atoms with Gasteiger partial charge in [-0.3, -0.25) is 24.0 Å². The number of esters is 2. The number of nitrogens with zero attached hydrogens (tertiary/aromatic N) is 2. The summed E-state index contributed by atoms with van der Waals surface area (Å²) in [7, 11) is 1.58. The fourth-order valence-electron chi connectivity index (χ4n) is 3.69. The van der Waals surface area contributed by atoms with E-state index in [-0.39, 0.29) is 43.3 Å². The van der Waals surface area contributed by atoms with Crippen LogP contribution in [0.4, 0.5) is 0 Å². The second kappa shape index (κ2) is 16.0. The third-order valence-corrected chi connectivity index (χ3v) is 5.60. The molecule has 14 heteroatoms. The van der Waals surface area contributed by atoms with Crippen molar-refractivity contribution < 1.29 is 38.1 Å². The van der Waals surface area contributed by atoms with Crippen LogP contribution in [-0.4, -0.2) is 77.4 Å². The van der Waals surface area contributed by atoms with Crippen molar-refractivity contribution in [2.24, 2.45) is 0 Å². The van der Waals surface area contributed by atoms with E-state index in [1.165, 1.54) is 43.3 Å². The molecule has 2 aliphatic rings. The molecule has 1 aromatic heterocycles. The Morgan fingerprint density at radius 3 is 2.46 bits per heavy atom. The highest BCUT2D eigenvalue weighted by Crippen LogP contribution is 2.25. The van der Waals surface area contributed by atoms with Gasteiger partial charge in [-0.25, -0.2) is 9.36 Å². The van der Waals surface area contributed by atoms with Crippen LogP contribution in [0.15, 0.2) is 46.3 Å². The van der Waals surface area contributed by atoms with Crippen molar-refractivity contribution in [1.82, 2.24) is 19.8 Å². The summed E-state index contributed by atoms with van der Waals surface area (Å²) >= 11 is 0. The summed E-state index contributed by atoms with van der Waals surface area (Å²) in [4.78, 5) is 70.5. The van der Waals surface area contributed by atoms with E-state index in [1.807, 2.05) is 6.08 Å². The first kappa shape index (κ1) is 31.2. The molecule has 0 bridgehead atoms. The Balaban J connectivity index is 0.000000274. The number of hydrogen-bond donors (Lipinski definition) is 2. The van der Waals surface area contributed by atoms with Crippen LogP contribution in [0.25, 0.3) is 0 Å². The second-order valence-electron chi connectivity index (χ2n) is 8.62. The van der Waals surface area contributed by atoms with Gasteiger partial charge in [0.05, 0.1) is 12.2 Å². The van der Waals surface area contributed by atoms with Crippen LogP contribution in [0.1, 0.15) is 45.8 Å². The van der Waals surface area contributed by atoms with Gasteiger partial charge in [0.25, 0.3) is 5.56 Å². The van der Waals surface area contributed by atoms with Crippen molar-refractivity contribution in [3.63, 3.8) is 0 Å². The first-order valence-corrected chi connectivity index (χ1v) is 12.3. The molecule has 0 aromatic carbocycles. The van der Waals surface area contributed by atoms with Crippen molar-refractivity contribution in [3.8, 4) is 0 Å². The largest absolute Gasteiger partial charge is 0.463 e. The fraction of sp³-hybridized carbons (Fsp3) is 0.520. The van der Waals surface area contributed by atoms with E-state index in [1.54, 1.807) is 13.1 Å². The molecule has 214 valence electrons. The lowest BCUT2D eigenvalue weighted by molar-refractivity contribution is -0.154. The van der Waals surface area contributed by atoms with Gasteiger partial charge < -0.3 is 34.1 Å². The molecule has 0 saturated carbocycles. The first-order chi connectivity index (χ1) is 18.6. The molecule has 0 spiro atoms. The van der Waals surface area contributed by atoms with Gasteiger partial charge in [-0.05, 0) is 31.8 Å². The number of likely N-dealkylation sites (N-methyl/N-ethyl adjacent to an activating group) is 1. The van der Waals surface area contributed by atoms with Crippen LogP contribution in [0, 0.1) is 0 Å². The summed E-state index contributed by atoms with van der Waals surface area (Å²) in [5, 5.41) is 2.25. The minimum absolute atomic E-state index is 0.144. The van der Waals surface area contributed by atoms with Crippen LogP contribution in [0.2, 0.25) is 0 Å². The van der Waals surface area contributed by atoms with E-state index in [0.717, 1.165) is 17.4 Å². The van der Waals surface area contributed by atoms with E-state index in [2.05, 4.69) is 10.3 Å². The molecule has 39 heavy (non-hydrogen) atoms. The molecule has 0 aliphatic carbocycles. The van der Waals surface area contributed by atoms with Crippen molar-refractivity contribution in [2.45, 2.75) is 64.2 Å². The topological polar surface area (TPSA) is 175 Å². The number of carbonyl (C=O) groups is 4. The minimum atomic E-state index is -0.605. The van der Waals surface area contributed by atoms with Crippen LogP contribution in [-0.2, 0) is 38.1 Å². The Labute approximate surface area is 224 Å².